The molecule has 5 heteroatoms. The molecule has 1 aromatic rings. The van der Waals surface area contributed by atoms with E-state index in [0.29, 0.717) is 6.42 Å². The molecule has 0 heterocycles. The summed E-state index contributed by atoms with van der Waals surface area (Å²) in [6.07, 6.45) is 1.06. The van der Waals surface area contributed by atoms with E-state index in [0.717, 1.165) is 21.2 Å². The molecule has 1 aromatic carbocycles. The number of ether oxygens (including phenoxy) is 1. The first-order valence-corrected chi connectivity index (χ1v) is 6.82. The second kappa shape index (κ2) is 7.35. The van der Waals surface area contributed by atoms with Gasteiger partial charge in [0.1, 0.15) is 0 Å². The smallest absolute Gasteiger partial charge is 0.306 e. The van der Waals surface area contributed by atoms with Crippen molar-refractivity contribution in [1.29, 1.82) is 0 Å². The van der Waals surface area contributed by atoms with Crippen LogP contribution in [0.4, 0.5) is 5.69 Å². The van der Waals surface area contributed by atoms with Gasteiger partial charge in [-0.1, -0.05) is 6.92 Å². The van der Waals surface area contributed by atoms with Crippen molar-refractivity contribution in [3.05, 3.63) is 27.3 Å². The summed E-state index contributed by atoms with van der Waals surface area (Å²) in [6.45, 7) is 3.57. The first-order chi connectivity index (χ1) is 8.52. The van der Waals surface area contributed by atoms with Gasteiger partial charge in [-0.3, -0.25) is 9.59 Å². The van der Waals surface area contributed by atoms with E-state index in [1.54, 1.807) is 0 Å². The molecule has 1 N–H and O–H groups in total. The first kappa shape index (κ1) is 14.9. The lowest BCUT2D eigenvalue weighted by Crippen LogP contribution is -2.21. The fourth-order valence-corrected chi connectivity index (χ4v) is 2.02. The first-order valence-electron chi connectivity index (χ1n) is 5.74. The number of esters is 1. The molecule has 0 fully saturated rings. The summed E-state index contributed by atoms with van der Waals surface area (Å²) in [7, 11) is 0. The third kappa shape index (κ3) is 5.03. The van der Waals surface area contributed by atoms with Gasteiger partial charge >= 0.3 is 5.97 Å². The number of rotatable bonds is 5. The largest absolute Gasteiger partial charge is 0.456 e. The standard InChI is InChI=1S/C13H16INO3/c1-3-4-13(17)18-8-12(16)15-11-6-5-10(14)7-9(11)2/h5-7H,3-4,8H2,1-2H3,(H,15,16). The second-order valence-electron chi connectivity index (χ2n) is 3.92. The van der Waals surface area contributed by atoms with Gasteiger partial charge < -0.3 is 10.1 Å². The molecule has 0 aliphatic heterocycles. The summed E-state index contributed by atoms with van der Waals surface area (Å²) in [6, 6.07) is 5.72. The highest BCUT2D eigenvalue weighted by atomic mass is 127. The van der Waals surface area contributed by atoms with Crippen molar-refractivity contribution in [2.24, 2.45) is 0 Å². The Morgan fingerprint density at radius 3 is 2.72 bits per heavy atom. The number of aryl methyl sites for hydroxylation is 1. The number of amides is 1. The highest BCUT2D eigenvalue weighted by Gasteiger charge is 2.08. The lowest BCUT2D eigenvalue weighted by Gasteiger charge is -2.09. The van der Waals surface area contributed by atoms with Gasteiger partial charge in [0.2, 0.25) is 0 Å². The maximum absolute atomic E-state index is 11.6. The van der Waals surface area contributed by atoms with Crippen LogP contribution in [0, 0.1) is 10.5 Å². The van der Waals surface area contributed by atoms with Crippen LogP contribution in [0.25, 0.3) is 0 Å². The van der Waals surface area contributed by atoms with Crippen LogP contribution in [-0.2, 0) is 14.3 Å². The lowest BCUT2D eigenvalue weighted by molar-refractivity contribution is -0.147. The molecule has 1 amide bonds. The predicted molar refractivity (Wildman–Crippen MR) is 78.4 cm³/mol. The van der Waals surface area contributed by atoms with Gasteiger partial charge in [-0.15, -0.1) is 0 Å². The highest BCUT2D eigenvalue weighted by Crippen LogP contribution is 2.17. The van der Waals surface area contributed by atoms with Gasteiger partial charge in [0.15, 0.2) is 6.61 Å². The topological polar surface area (TPSA) is 55.4 Å². The van der Waals surface area contributed by atoms with Crippen molar-refractivity contribution in [3.63, 3.8) is 0 Å². The minimum atomic E-state index is -0.341. The molecule has 1 rings (SSSR count). The Bertz CT molecular complexity index is 446. The van der Waals surface area contributed by atoms with E-state index in [1.165, 1.54) is 0 Å². The molecule has 0 aromatic heterocycles. The van der Waals surface area contributed by atoms with Crippen molar-refractivity contribution in [2.45, 2.75) is 26.7 Å². The monoisotopic (exact) mass is 361 g/mol. The summed E-state index contributed by atoms with van der Waals surface area (Å²) >= 11 is 2.21. The fraction of sp³-hybridized carbons (Fsp3) is 0.385. The van der Waals surface area contributed by atoms with Crippen LogP contribution in [0.15, 0.2) is 18.2 Å². The van der Waals surface area contributed by atoms with Crippen LogP contribution in [-0.4, -0.2) is 18.5 Å². The van der Waals surface area contributed by atoms with Gasteiger partial charge in [-0.25, -0.2) is 0 Å². The number of halogens is 1. The van der Waals surface area contributed by atoms with Crippen LogP contribution in [0.3, 0.4) is 0 Å². The van der Waals surface area contributed by atoms with Crippen LogP contribution >= 0.6 is 22.6 Å². The zero-order chi connectivity index (χ0) is 13.5. The zero-order valence-electron chi connectivity index (χ0n) is 10.5. The van der Waals surface area contributed by atoms with Crippen LogP contribution in [0.2, 0.25) is 0 Å². The van der Waals surface area contributed by atoms with Crippen molar-refractivity contribution in [3.8, 4) is 0 Å². The van der Waals surface area contributed by atoms with Crippen molar-refractivity contribution >= 4 is 40.2 Å². The number of carbonyl (C=O) groups excluding carboxylic acids is 2. The Kier molecular flexibility index (Phi) is 6.11. The van der Waals surface area contributed by atoms with E-state index in [2.05, 4.69) is 27.9 Å². The molecule has 0 aliphatic rings. The van der Waals surface area contributed by atoms with E-state index < -0.39 is 0 Å². The molecule has 0 radical (unpaired) electrons. The van der Waals surface area contributed by atoms with E-state index in [9.17, 15) is 9.59 Å². The van der Waals surface area contributed by atoms with Crippen molar-refractivity contribution in [2.75, 3.05) is 11.9 Å². The molecule has 0 saturated heterocycles. The lowest BCUT2D eigenvalue weighted by atomic mass is 10.2. The maximum Gasteiger partial charge on any atom is 0.306 e. The van der Waals surface area contributed by atoms with Gasteiger partial charge in [0.25, 0.3) is 5.91 Å². The molecule has 18 heavy (non-hydrogen) atoms. The minimum Gasteiger partial charge on any atom is -0.456 e. The number of carbonyl (C=O) groups is 2. The minimum absolute atomic E-state index is 0.232. The number of hydrogen-bond acceptors (Lipinski definition) is 3. The third-order valence-corrected chi connectivity index (χ3v) is 2.95. The Morgan fingerprint density at radius 1 is 1.39 bits per heavy atom. The van der Waals surface area contributed by atoms with Crippen LogP contribution < -0.4 is 5.32 Å². The average Bonchev–Trinajstić information content (AvgIpc) is 2.31. The van der Waals surface area contributed by atoms with E-state index in [1.807, 2.05) is 32.0 Å². The summed E-state index contributed by atoms with van der Waals surface area (Å²) in [5.41, 5.74) is 1.72. The second-order valence-corrected chi connectivity index (χ2v) is 5.16. The van der Waals surface area contributed by atoms with Gasteiger partial charge in [-0.05, 0) is 59.7 Å². The van der Waals surface area contributed by atoms with Gasteiger partial charge in [0.05, 0.1) is 0 Å². The van der Waals surface area contributed by atoms with Crippen molar-refractivity contribution in [1.82, 2.24) is 0 Å². The number of anilines is 1. The molecular formula is C13H16INO3. The summed E-state index contributed by atoms with van der Waals surface area (Å²) < 4.78 is 5.94. The van der Waals surface area contributed by atoms with E-state index >= 15 is 0 Å². The van der Waals surface area contributed by atoms with Crippen molar-refractivity contribution < 1.29 is 14.3 Å². The summed E-state index contributed by atoms with van der Waals surface area (Å²) in [5, 5.41) is 2.72. The number of hydrogen-bond donors (Lipinski definition) is 1. The zero-order valence-corrected chi connectivity index (χ0v) is 12.6. The number of benzene rings is 1. The molecule has 0 spiro atoms. The van der Waals surface area contributed by atoms with Gasteiger partial charge in [-0.2, -0.15) is 0 Å². The Balaban J connectivity index is 2.47. The predicted octanol–water partition coefficient (Wildman–Crippen LogP) is 2.88. The van der Waals surface area contributed by atoms with E-state index in [-0.39, 0.29) is 18.5 Å². The average molecular weight is 361 g/mol. The SMILES string of the molecule is CCCC(=O)OCC(=O)Nc1ccc(I)cc1C. The van der Waals surface area contributed by atoms with Crippen LogP contribution in [0.1, 0.15) is 25.3 Å². The van der Waals surface area contributed by atoms with Gasteiger partial charge in [0, 0.05) is 15.7 Å². The molecular weight excluding hydrogens is 345 g/mol. The maximum atomic E-state index is 11.6. The molecule has 0 bridgehead atoms. The molecule has 98 valence electrons. The molecule has 0 saturated carbocycles. The molecule has 0 aliphatic carbocycles. The Hall–Kier alpha value is -1.11. The molecule has 4 nitrogen and oxygen atoms in total. The Morgan fingerprint density at radius 2 is 2.11 bits per heavy atom. The van der Waals surface area contributed by atoms with E-state index in [4.69, 9.17) is 4.74 Å². The normalized spacial score (nSPS) is 9.94. The Labute approximate surface area is 120 Å². The summed E-state index contributed by atoms with van der Waals surface area (Å²) in [5.74, 6) is -0.657. The van der Waals surface area contributed by atoms with Crippen LogP contribution in [0.5, 0.6) is 0 Å². The molecule has 0 atom stereocenters. The number of nitrogens with one attached hydrogen (secondary N) is 1. The summed E-state index contributed by atoms with van der Waals surface area (Å²) in [4.78, 5) is 22.7. The third-order valence-electron chi connectivity index (χ3n) is 2.28. The quantitative estimate of drug-likeness (QED) is 0.648. The highest BCUT2D eigenvalue weighted by molar-refractivity contribution is 14.1. The fourth-order valence-electron chi connectivity index (χ4n) is 1.38. The molecule has 0 unspecified atom stereocenters.